The first-order valence-electron chi connectivity index (χ1n) is 10.3. The van der Waals surface area contributed by atoms with E-state index >= 15 is 0 Å². The molecule has 2 amide bonds. The molecular weight excluding hydrogens is 385 g/mol. The molecule has 30 heavy (non-hydrogen) atoms. The normalized spacial score (nSPS) is 17.0. The Labute approximate surface area is 172 Å². The molecular formula is C22H22FN5O2. The summed E-state index contributed by atoms with van der Waals surface area (Å²) < 4.78 is 13.8. The fourth-order valence-corrected chi connectivity index (χ4v) is 3.63. The van der Waals surface area contributed by atoms with Crippen LogP contribution in [-0.2, 0) is 11.3 Å². The van der Waals surface area contributed by atoms with E-state index in [9.17, 15) is 14.0 Å². The zero-order valence-electron chi connectivity index (χ0n) is 16.3. The van der Waals surface area contributed by atoms with Crippen LogP contribution >= 0.6 is 0 Å². The third-order valence-corrected chi connectivity index (χ3v) is 5.71. The summed E-state index contributed by atoms with van der Waals surface area (Å²) in [7, 11) is 0. The molecule has 8 heteroatoms. The van der Waals surface area contributed by atoms with Crippen LogP contribution < -0.4 is 10.6 Å². The summed E-state index contributed by atoms with van der Waals surface area (Å²) in [5.74, 6) is -0.516. The molecule has 0 bridgehead atoms. The number of hydrogen-bond acceptors (Lipinski definition) is 4. The van der Waals surface area contributed by atoms with Crippen molar-refractivity contribution in [1.82, 2.24) is 25.6 Å². The molecule has 3 N–H and O–H groups in total. The number of H-pyrrole nitrogens is 1. The third-order valence-electron chi connectivity index (χ3n) is 5.71. The van der Waals surface area contributed by atoms with Gasteiger partial charge in [-0.15, -0.1) is 0 Å². The number of fused-ring (bicyclic) bond motifs is 1. The van der Waals surface area contributed by atoms with E-state index in [0.717, 1.165) is 31.4 Å². The van der Waals surface area contributed by atoms with Gasteiger partial charge in [-0.1, -0.05) is 18.2 Å². The zero-order valence-corrected chi connectivity index (χ0v) is 16.3. The van der Waals surface area contributed by atoms with Gasteiger partial charge < -0.3 is 15.6 Å². The molecule has 0 radical (unpaired) electrons. The maximum Gasteiger partial charge on any atom is 0.255 e. The molecule has 3 aromatic rings. The van der Waals surface area contributed by atoms with Crippen LogP contribution in [0.5, 0.6) is 0 Å². The SMILES string of the molecule is O=C(N[C@@H](C(=O)NCc1ccccc1F)C1CC1)c1c[nH]c2ncc(C3CC3)nc12. The van der Waals surface area contributed by atoms with Crippen molar-refractivity contribution in [2.24, 2.45) is 5.92 Å². The van der Waals surface area contributed by atoms with Gasteiger partial charge in [0.25, 0.3) is 5.91 Å². The molecule has 1 aromatic carbocycles. The zero-order chi connectivity index (χ0) is 20.7. The Bertz CT molecular complexity index is 1120. The summed E-state index contributed by atoms with van der Waals surface area (Å²) in [5.41, 5.74) is 2.77. The number of aromatic nitrogens is 3. The Hall–Kier alpha value is -3.29. The highest BCUT2D eigenvalue weighted by Crippen LogP contribution is 2.39. The second-order valence-corrected chi connectivity index (χ2v) is 8.07. The van der Waals surface area contributed by atoms with Crippen molar-refractivity contribution in [2.75, 3.05) is 0 Å². The minimum Gasteiger partial charge on any atom is -0.350 e. The van der Waals surface area contributed by atoms with E-state index in [0.29, 0.717) is 28.2 Å². The molecule has 1 atom stereocenters. The number of hydrogen-bond donors (Lipinski definition) is 3. The van der Waals surface area contributed by atoms with Crippen molar-refractivity contribution in [3.8, 4) is 0 Å². The molecule has 2 aliphatic carbocycles. The number of aromatic amines is 1. The van der Waals surface area contributed by atoms with Gasteiger partial charge in [0, 0.05) is 24.2 Å². The quantitative estimate of drug-likeness (QED) is 0.561. The Morgan fingerprint density at radius 2 is 2.00 bits per heavy atom. The fraction of sp³-hybridized carbons (Fsp3) is 0.364. The second kappa shape index (κ2) is 7.51. The highest BCUT2D eigenvalue weighted by Gasteiger charge is 2.38. The molecule has 7 nitrogen and oxygen atoms in total. The molecule has 5 rings (SSSR count). The average molecular weight is 407 g/mol. The maximum atomic E-state index is 13.8. The molecule has 0 unspecified atom stereocenters. The van der Waals surface area contributed by atoms with Gasteiger partial charge in [0.2, 0.25) is 5.91 Å². The maximum absolute atomic E-state index is 13.8. The molecule has 2 aliphatic rings. The highest BCUT2D eigenvalue weighted by atomic mass is 19.1. The van der Waals surface area contributed by atoms with Gasteiger partial charge in [0.1, 0.15) is 17.4 Å². The summed E-state index contributed by atoms with van der Waals surface area (Å²) in [5, 5.41) is 5.61. The van der Waals surface area contributed by atoms with Crippen LogP contribution in [-0.4, -0.2) is 32.8 Å². The number of carbonyl (C=O) groups excluding carboxylic acids is 2. The number of halogens is 1. The summed E-state index contributed by atoms with van der Waals surface area (Å²) in [6.45, 7) is 0.0773. The van der Waals surface area contributed by atoms with Crippen molar-refractivity contribution >= 4 is 23.0 Å². The Morgan fingerprint density at radius 1 is 1.20 bits per heavy atom. The molecule has 0 aliphatic heterocycles. The first-order valence-corrected chi connectivity index (χ1v) is 10.3. The van der Waals surface area contributed by atoms with Gasteiger partial charge in [0.15, 0.2) is 5.65 Å². The molecule has 2 fully saturated rings. The fourth-order valence-electron chi connectivity index (χ4n) is 3.63. The van der Waals surface area contributed by atoms with Gasteiger partial charge in [0.05, 0.1) is 17.5 Å². The van der Waals surface area contributed by atoms with Crippen molar-refractivity contribution < 1.29 is 14.0 Å². The third kappa shape index (κ3) is 3.77. The van der Waals surface area contributed by atoms with Crippen LogP contribution in [0.1, 0.15) is 53.2 Å². The van der Waals surface area contributed by atoms with Gasteiger partial charge in [-0.25, -0.2) is 14.4 Å². The Morgan fingerprint density at radius 3 is 2.73 bits per heavy atom. The van der Waals surface area contributed by atoms with E-state index in [4.69, 9.17) is 0 Å². The van der Waals surface area contributed by atoms with E-state index in [1.54, 1.807) is 30.6 Å². The standard InChI is InChI=1S/C22H22FN5O2/c23-16-4-2-1-3-14(16)9-26-22(30)18(13-7-8-13)28-21(29)15-10-24-20-19(15)27-17(11-25-20)12-5-6-12/h1-4,10-13,18H,5-9H2,(H,24,25)(H,26,30)(H,28,29)/t18-/m1/s1. The Balaban J connectivity index is 1.30. The van der Waals surface area contributed by atoms with E-state index in [1.807, 2.05) is 0 Å². The van der Waals surface area contributed by atoms with E-state index in [1.165, 1.54) is 6.07 Å². The molecule has 154 valence electrons. The molecule has 0 saturated heterocycles. The predicted octanol–water partition coefficient (Wildman–Crippen LogP) is 2.80. The highest BCUT2D eigenvalue weighted by molar-refractivity contribution is 6.06. The van der Waals surface area contributed by atoms with Crippen LogP contribution in [0, 0.1) is 11.7 Å². The predicted molar refractivity (Wildman–Crippen MR) is 108 cm³/mol. The molecule has 0 spiro atoms. The first kappa shape index (κ1) is 18.7. The van der Waals surface area contributed by atoms with Crippen molar-refractivity contribution in [3.63, 3.8) is 0 Å². The van der Waals surface area contributed by atoms with Gasteiger partial charge in [-0.3, -0.25) is 9.59 Å². The molecule has 2 saturated carbocycles. The number of benzene rings is 1. The van der Waals surface area contributed by atoms with E-state index < -0.39 is 6.04 Å². The largest absolute Gasteiger partial charge is 0.350 e. The van der Waals surface area contributed by atoms with Crippen molar-refractivity contribution in [1.29, 1.82) is 0 Å². The molecule has 2 heterocycles. The monoisotopic (exact) mass is 407 g/mol. The first-order chi connectivity index (χ1) is 14.6. The van der Waals surface area contributed by atoms with Gasteiger partial charge in [-0.05, 0) is 37.7 Å². The minimum absolute atomic E-state index is 0.0773. The number of nitrogens with zero attached hydrogens (tertiary/aromatic N) is 2. The van der Waals surface area contributed by atoms with Gasteiger partial charge in [-0.2, -0.15) is 0 Å². The second-order valence-electron chi connectivity index (χ2n) is 8.07. The lowest BCUT2D eigenvalue weighted by molar-refractivity contribution is -0.123. The lowest BCUT2D eigenvalue weighted by Gasteiger charge is -2.18. The summed E-state index contributed by atoms with van der Waals surface area (Å²) >= 11 is 0. The van der Waals surface area contributed by atoms with E-state index in [2.05, 4.69) is 25.6 Å². The van der Waals surface area contributed by atoms with Crippen LogP contribution in [0.3, 0.4) is 0 Å². The number of carbonyl (C=O) groups is 2. The van der Waals surface area contributed by atoms with Crippen molar-refractivity contribution in [2.45, 2.75) is 44.2 Å². The van der Waals surface area contributed by atoms with Gasteiger partial charge >= 0.3 is 0 Å². The summed E-state index contributed by atoms with van der Waals surface area (Å²) in [4.78, 5) is 37.7. The lowest BCUT2D eigenvalue weighted by Crippen LogP contribution is -2.48. The molecule has 2 aromatic heterocycles. The smallest absolute Gasteiger partial charge is 0.255 e. The van der Waals surface area contributed by atoms with E-state index in [-0.39, 0.29) is 30.1 Å². The number of nitrogens with one attached hydrogen (secondary N) is 3. The van der Waals surface area contributed by atoms with Crippen LogP contribution in [0.25, 0.3) is 11.2 Å². The van der Waals surface area contributed by atoms with Crippen molar-refractivity contribution in [3.05, 3.63) is 59.3 Å². The summed E-state index contributed by atoms with van der Waals surface area (Å²) in [6.07, 6.45) is 7.27. The average Bonchev–Trinajstić information content (AvgIpc) is 3.67. The summed E-state index contributed by atoms with van der Waals surface area (Å²) in [6, 6.07) is 5.65. The number of rotatable bonds is 7. The van der Waals surface area contributed by atoms with Crippen LogP contribution in [0.4, 0.5) is 4.39 Å². The van der Waals surface area contributed by atoms with Crippen LogP contribution in [0.15, 0.2) is 36.7 Å². The topological polar surface area (TPSA) is 99.8 Å². The number of amides is 2. The minimum atomic E-state index is -0.659. The lowest BCUT2D eigenvalue weighted by atomic mass is 10.1. The van der Waals surface area contributed by atoms with Crippen LogP contribution in [0.2, 0.25) is 0 Å². The Kier molecular flexibility index (Phi) is 4.69.